The molecular weight excluding hydrogens is 282 g/mol. The molecule has 0 bridgehead atoms. The van der Waals surface area contributed by atoms with Crippen LogP contribution in [-0.2, 0) is 6.42 Å². The van der Waals surface area contributed by atoms with Crippen LogP contribution >= 0.6 is 11.3 Å². The van der Waals surface area contributed by atoms with E-state index < -0.39 is 0 Å². The third-order valence-corrected chi connectivity index (χ3v) is 4.98. The molecule has 1 unspecified atom stereocenters. The second-order valence-electron chi connectivity index (χ2n) is 5.79. The monoisotopic (exact) mass is 299 g/mol. The van der Waals surface area contributed by atoms with Crippen molar-refractivity contribution in [3.8, 4) is 0 Å². The molecule has 0 fully saturated rings. The summed E-state index contributed by atoms with van der Waals surface area (Å²) in [4.78, 5) is 0.896. The Hall–Kier alpha value is -1.95. The molecule has 0 saturated heterocycles. The van der Waals surface area contributed by atoms with E-state index in [1.165, 1.54) is 11.3 Å². The standard InChI is InChI=1S/C15H17N5S/c1-9(2)13-17-18-15-20(13)19-14(21-15)11-7-10-5-3-4-6-12(10)16-8-11/h3-6,9,11,16H,7-8H2,1-2H3. The molecule has 6 heteroatoms. The van der Waals surface area contributed by atoms with Gasteiger partial charge >= 0.3 is 0 Å². The fourth-order valence-corrected chi connectivity index (χ4v) is 3.73. The Kier molecular flexibility index (Phi) is 2.92. The van der Waals surface area contributed by atoms with Crippen LogP contribution < -0.4 is 5.32 Å². The van der Waals surface area contributed by atoms with Gasteiger partial charge in [0.15, 0.2) is 5.82 Å². The number of hydrogen-bond donors (Lipinski definition) is 1. The van der Waals surface area contributed by atoms with Gasteiger partial charge < -0.3 is 5.32 Å². The summed E-state index contributed by atoms with van der Waals surface area (Å²) in [5, 5.41) is 17.9. The zero-order valence-electron chi connectivity index (χ0n) is 12.1. The van der Waals surface area contributed by atoms with Crippen molar-refractivity contribution in [2.75, 3.05) is 11.9 Å². The van der Waals surface area contributed by atoms with Crippen LogP contribution in [0.2, 0.25) is 0 Å². The Morgan fingerprint density at radius 3 is 3.00 bits per heavy atom. The van der Waals surface area contributed by atoms with E-state index in [1.807, 2.05) is 4.52 Å². The van der Waals surface area contributed by atoms with Crippen LogP contribution in [0.4, 0.5) is 5.69 Å². The molecule has 1 atom stereocenters. The maximum Gasteiger partial charge on any atom is 0.234 e. The first-order valence-corrected chi connectivity index (χ1v) is 8.08. The van der Waals surface area contributed by atoms with Crippen LogP contribution in [0.25, 0.3) is 4.96 Å². The molecule has 0 radical (unpaired) electrons. The first kappa shape index (κ1) is 12.8. The van der Waals surface area contributed by atoms with Crippen molar-refractivity contribution in [1.82, 2.24) is 19.8 Å². The number of anilines is 1. The number of para-hydroxylation sites is 1. The van der Waals surface area contributed by atoms with Gasteiger partial charge in [0.1, 0.15) is 5.01 Å². The Balaban J connectivity index is 1.68. The molecule has 1 aliphatic heterocycles. The molecule has 1 aliphatic rings. The van der Waals surface area contributed by atoms with Crippen LogP contribution in [0.3, 0.4) is 0 Å². The molecule has 5 nitrogen and oxygen atoms in total. The topological polar surface area (TPSA) is 55.1 Å². The van der Waals surface area contributed by atoms with Gasteiger partial charge in [-0.25, -0.2) is 0 Å². The van der Waals surface area contributed by atoms with Crippen molar-refractivity contribution in [3.63, 3.8) is 0 Å². The van der Waals surface area contributed by atoms with Crippen LogP contribution in [0.5, 0.6) is 0 Å². The smallest absolute Gasteiger partial charge is 0.234 e. The maximum atomic E-state index is 4.76. The second-order valence-corrected chi connectivity index (χ2v) is 6.77. The zero-order valence-corrected chi connectivity index (χ0v) is 12.9. The largest absolute Gasteiger partial charge is 0.384 e. The summed E-state index contributed by atoms with van der Waals surface area (Å²) < 4.78 is 1.91. The summed E-state index contributed by atoms with van der Waals surface area (Å²) in [5.41, 5.74) is 2.61. The summed E-state index contributed by atoms with van der Waals surface area (Å²) in [6.45, 7) is 5.17. The van der Waals surface area contributed by atoms with E-state index in [0.29, 0.717) is 11.8 Å². The maximum absolute atomic E-state index is 4.76. The number of aromatic nitrogens is 4. The fourth-order valence-electron chi connectivity index (χ4n) is 2.79. The Labute approximate surface area is 127 Å². The molecule has 3 aromatic rings. The van der Waals surface area contributed by atoms with Crippen molar-refractivity contribution in [3.05, 3.63) is 40.7 Å². The van der Waals surface area contributed by atoms with E-state index in [-0.39, 0.29) is 0 Å². The normalized spacial score (nSPS) is 18.0. The van der Waals surface area contributed by atoms with E-state index in [2.05, 4.69) is 53.6 Å². The highest BCUT2D eigenvalue weighted by Gasteiger charge is 2.24. The molecule has 0 saturated carbocycles. The van der Waals surface area contributed by atoms with Gasteiger partial charge in [-0.1, -0.05) is 43.4 Å². The van der Waals surface area contributed by atoms with Crippen molar-refractivity contribution in [1.29, 1.82) is 0 Å². The SMILES string of the molecule is CC(C)c1nnc2sc(C3CNc4ccccc4C3)nn12. The minimum absolute atomic E-state index is 0.333. The van der Waals surface area contributed by atoms with Gasteiger partial charge in [0.05, 0.1) is 0 Å². The van der Waals surface area contributed by atoms with Gasteiger partial charge in [-0.3, -0.25) is 0 Å². The number of nitrogens with zero attached hydrogens (tertiary/aromatic N) is 4. The van der Waals surface area contributed by atoms with Gasteiger partial charge in [-0.2, -0.15) is 9.61 Å². The Morgan fingerprint density at radius 2 is 2.14 bits per heavy atom. The summed E-state index contributed by atoms with van der Waals surface area (Å²) in [5.74, 6) is 1.68. The lowest BCUT2D eigenvalue weighted by molar-refractivity contribution is 0.656. The first-order chi connectivity index (χ1) is 10.2. The zero-order chi connectivity index (χ0) is 14.4. The van der Waals surface area contributed by atoms with Gasteiger partial charge in [0.2, 0.25) is 4.96 Å². The third-order valence-electron chi connectivity index (χ3n) is 3.92. The quantitative estimate of drug-likeness (QED) is 0.790. The highest BCUT2D eigenvalue weighted by atomic mass is 32.1. The number of fused-ring (bicyclic) bond motifs is 2. The van der Waals surface area contributed by atoms with E-state index in [4.69, 9.17) is 5.10 Å². The minimum Gasteiger partial charge on any atom is -0.384 e. The summed E-state index contributed by atoms with van der Waals surface area (Å²) in [6.07, 6.45) is 1.03. The van der Waals surface area contributed by atoms with Gasteiger partial charge in [0.25, 0.3) is 0 Å². The highest BCUT2D eigenvalue weighted by Crippen LogP contribution is 2.32. The molecule has 108 valence electrons. The fraction of sp³-hybridized carbons (Fsp3) is 0.400. The molecule has 21 heavy (non-hydrogen) atoms. The van der Waals surface area contributed by atoms with E-state index in [1.54, 1.807) is 11.3 Å². The van der Waals surface area contributed by atoms with Gasteiger partial charge in [-0.05, 0) is 18.1 Å². The number of hydrogen-bond acceptors (Lipinski definition) is 5. The molecule has 3 heterocycles. The lowest BCUT2D eigenvalue weighted by atomic mass is 9.95. The first-order valence-electron chi connectivity index (χ1n) is 7.26. The number of benzene rings is 1. The van der Waals surface area contributed by atoms with E-state index >= 15 is 0 Å². The van der Waals surface area contributed by atoms with Crippen LogP contribution in [0, 0.1) is 0 Å². The van der Waals surface area contributed by atoms with Crippen LogP contribution in [-0.4, -0.2) is 26.4 Å². The third kappa shape index (κ3) is 2.10. The van der Waals surface area contributed by atoms with Crippen molar-refractivity contribution in [2.45, 2.75) is 32.1 Å². The average molecular weight is 299 g/mol. The molecule has 0 spiro atoms. The highest BCUT2D eigenvalue weighted by molar-refractivity contribution is 7.16. The molecular formula is C15H17N5S. The lowest BCUT2D eigenvalue weighted by Crippen LogP contribution is -2.21. The molecule has 1 aromatic carbocycles. The molecule has 2 aromatic heterocycles. The van der Waals surface area contributed by atoms with Crippen molar-refractivity contribution in [2.24, 2.45) is 0 Å². The van der Waals surface area contributed by atoms with Gasteiger partial charge in [0, 0.05) is 24.1 Å². The minimum atomic E-state index is 0.333. The Bertz CT molecular complexity index is 788. The molecule has 1 N–H and O–H groups in total. The van der Waals surface area contributed by atoms with Crippen LogP contribution in [0.1, 0.15) is 42.1 Å². The molecule has 0 amide bonds. The lowest BCUT2D eigenvalue weighted by Gasteiger charge is -2.24. The Morgan fingerprint density at radius 1 is 1.29 bits per heavy atom. The summed E-state index contributed by atoms with van der Waals surface area (Å²) in [6, 6.07) is 8.50. The summed E-state index contributed by atoms with van der Waals surface area (Å²) >= 11 is 1.65. The summed E-state index contributed by atoms with van der Waals surface area (Å²) in [7, 11) is 0. The van der Waals surface area contributed by atoms with E-state index in [0.717, 1.165) is 28.8 Å². The predicted octanol–water partition coefficient (Wildman–Crippen LogP) is 3.06. The molecule has 0 aliphatic carbocycles. The molecule has 4 rings (SSSR count). The van der Waals surface area contributed by atoms with Crippen molar-refractivity contribution >= 4 is 22.0 Å². The second kappa shape index (κ2) is 4.80. The number of rotatable bonds is 2. The van der Waals surface area contributed by atoms with E-state index in [9.17, 15) is 0 Å². The predicted molar refractivity (Wildman–Crippen MR) is 84.1 cm³/mol. The van der Waals surface area contributed by atoms with Gasteiger partial charge in [-0.15, -0.1) is 10.2 Å². The average Bonchev–Trinajstić information content (AvgIpc) is 3.06. The van der Waals surface area contributed by atoms with Crippen LogP contribution in [0.15, 0.2) is 24.3 Å². The number of nitrogens with one attached hydrogen (secondary N) is 1. The van der Waals surface area contributed by atoms with Crippen molar-refractivity contribution < 1.29 is 0 Å².